The smallest absolute Gasteiger partial charge is 0.207 e. The van der Waals surface area contributed by atoms with Crippen molar-refractivity contribution in [1.82, 2.24) is 0 Å². The van der Waals surface area contributed by atoms with Gasteiger partial charge in [0.2, 0.25) is 5.78 Å². The Morgan fingerprint density at radius 3 is 2.83 bits per heavy atom. The molecule has 66 valence electrons. The highest BCUT2D eigenvalue weighted by molar-refractivity contribution is 7.99. The van der Waals surface area contributed by atoms with Gasteiger partial charge in [-0.05, 0) is 18.4 Å². The molecular formula is C9H12O2S. The summed E-state index contributed by atoms with van der Waals surface area (Å²) in [5.41, 5.74) is 0. The van der Waals surface area contributed by atoms with E-state index in [-0.39, 0.29) is 5.78 Å². The van der Waals surface area contributed by atoms with E-state index < -0.39 is 0 Å². The molecule has 12 heavy (non-hydrogen) atoms. The normalized spacial score (nSPS) is 10.2. The lowest BCUT2D eigenvalue weighted by molar-refractivity contribution is 0.0990. The Morgan fingerprint density at radius 1 is 1.58 bits per heavy atom. The van der Waals surface area contributed by atoms with Crippen molar-refractivity contribution in [2.75, 3.05) is 12.0 Å². The van der Waals surface area contributed by atoms with Gasteiger partial charge in [-0.3, -0.25) is 4.79 Å². The summed E-state index contributed by atoms with van der Waals surface area (Å²) in [5.74, 6) is 1.93. The van der Waals surface area contributed by atoms with Gasteiger partial charge in [-0.2, -0.15) is 11.8 Å². The lowest BCUT2D eigenvalue weighted by atomic mass is 10.3. The summed E-state index contributed by atoms with van der Waals surface area (Å²) in [4.78, 5) is 11.3. The van der Waals surface area contributed by atoms with Crippen molar-refractivity contribution < 1.29 is 9.21 Å². The van der Waals surface area contributed by atoms with Crippen molar-refractivity contribution in [2.45, 2.75) is 13.3 Å². The first kappa shape index (κ1) is 9.39. The lowest BCUT2D eigenvalue weighted by Crippen LogP contribution is -1.99. The summed E-state index contributed by atoms with van der Waals surface area (Å²) in [5, 5.41) is 0. The number of rotatable bonds is 4. The first-order chi connectivity index (χ1) is 5.77. The van der Waals surface area contributed by atoms with Crippen LogP contribution in [0.1, 0.15) is 23.2 Å². The Hall–Kier alpha value is -0.700. The SMILES string of the molecule is CCc1ccc(C(=O)CSC)o1. The topological polar surface area (TPSA) is 30.2 Å². The summed E-state index contributed by atoms with van der Waals surface area (Å²) in [7, 11) is 0. The van der Waals surface area contributed by atoms with Crippen LogP contribution in [-0.2, 0) is 6.42 Å². The number of hydrogen-bond donors (Lipinski definition) is 0. The third-order valence-electron chi connectivity index (χ3n) is 1.56. The van der Waals surface area contributed by atoms with Crippen LogP contribution in [0.4, 0.5) is 0 Å². The maximum Gasteiger partial charge on any atom is 0.207 e. The van der Waals surface area contributed by atoms with E-state index in [4.69, 9.17) is 4.42 Å². The first-order valence-electron chi connectivity index (χ1n) is 3.88. The molecule has 1 aromatic rings. The van der Waals surface area contributed by atoms with Gasteiger partial charge in [0.15, 0.2) is 5.76 Å². The van der Waals surface area contributed by atoms with E-state index in [0.29, 0.717) is 11.5 Å². The lowest BCUT2D eigenvalue weighted by Gasteiger charge is -1.92. The highest BCUT2D eigenvalue weighted by Gasteiger charge is 2.08. The fourth-order valence-electron chi connectivity index (χ4n) is 0.920. The zero-order chi connectivity index (χ0) is 8.97. The summed E-state index contributed by atoms with van der Waals surface area (Å²) >= 11 is 1.51. The predicted molar refractivity (Wildman–Crippen MR) is 50.8 cm³/mol. The second-order valence-corrected chi connectivity index (χ2v) is 3.34. The molecule has 0 aliphatic carbocycles. The molecule has 2 nitrogen and oxygen atoms in total. The third-order valence-corrected chi connectivity index (χ3v) is 2.11. The van der Waals surface area contributed by atoms with Crippen LogP contribution < -0.4 is 0 Å². The van der Waals surface area contributed by atoms with Crippen molar-refractivity contribution in [3.05, 3.63) is 23.7 Å². The molecule has 0 bridgehead atoms. The molecule has 3 heteroatoms. The molecular weight excluding hydrogens is 172 g/mol. The van der Waals surface area contributed by atoms with Crippen LogP contribution in [0.15, 0.2) is 16.5 Å². The largest absolute Gasteiger partial charge is 0.458 e. The minimum atomic E-state index is 0.0715. The highest BCUT2D eigenvalue weighted by Crippen LogP contribution is 2.10. The number of thioether (sulfide) groups is 1. The third kappa shape index (κ3) is 2.14. The van der Waals surface area contributed by atoms with Gasteiger partial charge in [-0.1, -0.05) is 6.92 Å². The van der Waals surface area contributed by atoms with Gasteiger partial charge in [-0.25, -0.2) is 0 Å². The average Bonchev–Trinajstić information content (AvgIpc) is 2.52. The van der Waals surface area contributed by atoms with Gasteiger partial charge in [0.05, 0.1) is 5.75 Å². The standard InChI is InChI=1S/C9H12O2S/c1-3-7-4-5-9(11-7)8(10)6-12-2/h4-5H,3,6H2,1-2H3. The maximum atomic E-state index is 11.3. The van der Waals surface area contributed by atoms with E-state index in [0.717, 1.165) is 12.2 Å². The molecule has 0 aromatic carbocycles. The monoisotopic (exact) mass is 184 g/mol. The summed E-state index contributed by atoms with van der Waals surface area (Å²) in [6.45, 7) is 2.00. The second-order valence-electron chi connectivity index (χ2n) is 2.48. The van der Waals surface area contributed by atoms with Crippen LogP contribution >= 0.6 is 11.8 Å². The number of ketones is 1. The zero-order valence-electron chi connectivity index (χ0n) is 7.29. The van der Waals surface area contributed by atoms with Crippen molar-refractivity contribution in [3.8, 4) is 0 Å². The molecule has 0 fully saturated rings. The molecule has 0 saturated carbocycles. The van der Waals surface area contributed by atoms with E-state index in [9.17, 15) is 4.79 Å². The Bertz CT molecular complexity index is 265. The molecule has 1 rings (SSSR count). The fraction of sp³-hybridized carbons (Fsp3) is 0.444. The Kier molecular flexibility index (Phi) is 3.41. The second kappa shape index (κ2) is 4.36. The molecule has 0 aliphatic heterocycles. The van der Waals surface area contributed by atoms with Gasteiger partial charge in [0.25, 0.3) is 0 Å². The number of furan rings is 1. The fourth-order valence-corrected chi connectivity index (χ4v) is 1.32. The van der Waals surface area contributed by atoms with Crippen LogP contribution in [0.2, 0.25) is 0 Å². The Labute approximate surface area is 76.3 Å². The molecule has 0 radical (unpaired) electrons. The molecule has 0 saturated heterocycles. The van der Waals surface area contributed by atoms with Crippen molar-refractivity contribution >= 4 is 17.5 Å². The summed E-state index contributed by atoms with van der Waals surface area (Å²) < 4.78 is 5.28. The number of carbonyl (C=O) groups excluding carboxylic acids is 1. The Balaban J connectivity index is 2.68. The van der Waals surface area contributed by atoms with Crippen molar-refractivity contribution in [2.24, 2.45) is 0 Å². The molecule has 0 aliphatic rings. The molecule has 1 aromatic heterocycles. The minimum absolute atomic E-state index is 0.0715. The average molecular weight is 184 g/mol. The molecule has 0 unspecified atom stereocenters. The maximum absolute atomic E-state index is 11.3. The van der Waals surface area contributed by atoms with Crippen LogP contribution in [0.3, 0.4) is 0 Å². The van der Waals surface area contributed by atoms with Gasteiger partial charge in [-0.15, -0.1) is 0 Å². The van der Waals surface area contributed by atoms with Crippen LogP contribution in [0.5, 0.6) is 0 Å². The van der Waals surface area contributed by atoms with E-state index in [1.165, 1.54) is 11.8 Å². The van der Waals surface area contributed by atoms with Crippen molar-refractivity contribution in [1.29, 1.82) is 0 Å². The summed E-state index contributed by atoms with van der Waals surface area (Å²) in [6.07, 6.45) is 2.74. The van der Waals surface area contributed by atoms with Crippen LogP contribution in [0, 0.1) is 0 Å². The van der Waals surface area contributed by atoms with Gasteiger partial charge < -0.3 is 4.42 Å². The van der Waals surface area contributed by atoms with Gasteiger partial charge in [0.1, 0.15) is 5.76 Å². The summed E-state index contributed by atoms with van der Waals surface area (Å²) in [6, 6.07) is 3.60. The van der Waals surface area contributed by atoms with E-state index in [1.807, 2.05) is 19.2 Å². The molecule has 0 amide bonds. The minimum Gasteiger partial charge on any atom is -0.458 e. The Morgan fingerprint density at radius 2 is 2.33 bits per heavy atom. The number of carbonyl (C=O) groups is 1. The molecule has 0 N–H and O–H groups in total. The van der Waals surface area contributed by atoms with Crippen LogP contribution in [-0.4, -0.2) is 17.8 Å². The zero-order valence-corrected chi connectivity index (χ0v) is 8.11. The van der Waals surface area contributed by atoms with E-state index in [1.54, 1.807) is 6.07 Å². The number of aryl methyl sites for hydroxylation is 1. The van der Waals surface area contributed by atoms with E-state index in [2.05, 4.69) is 0 Å². The van der Waals surface area contributed by atoms with E-state index >= 15 is 0 Å². The van der Waals surface area contributed by atoms with Crippen molar-refractivity contribution in [3.63, 3.8) is 0 Å². The first-order valence-corrected chi connectivity index (χ1v) is 5.28. The molecule has 0 atom stereocenters. The van der Waals surface area contributed by atoms with Gasteiger partial charge in [0, 0.05) is 6.42 Å². The quantitative estimate of drug-likeness (QED) is 0.673. The number of Topliss-reactive ketones (excluding diaryl/α,β-unsaturated/α-hetero) is 1. The number of hydrogen-bond acceptors (Lipinski definition) is 3. The highest BCUT2D eigenvalue weighted by atomic mass is 32.2. The van der Waals surface area contributed by atoms with Crippen LogP contribution in [0.25, 0.3) is 0 Å². The predicted octanol–water partition coefficient (Wildman–Crippen LogP) is 2.39. The van der Waals surface area contributed by atoms with Gasteiger partial charge >= 0.3 is 0 Å². The molecule has 1 heterocycles. The molecule has 0 spiro atoms.